The molecule has 0 radical (unpaired) electrons. The van der Waals surface area contributed by atoms with Gasteiger partial charge in [-0.3, -0.25) is 19.7 Å². The number of nitrogens with zero attached hydrogens (tertiary/aromatic N) is 5. The third-order valence-electron chi connectivity index (χ3n) is 5.24. The molecule has 1 amide bonds. The lowest BCUT2D eigenvalue weighted by Gasteiger charge is -2.16. The van der Waals surface area contributed by atoms with Crippen LogP contribution in [0.4, 0.5) is 11.5 Å². The van der Waals surface area contributed by atoms with Crippen LogP contribution in [0.3, 0.4) is 0 Å². The van der Waals surface area contributed by atoms with Gasteiger partial charge < -0.3 is 11.1 Å². The minimum Gasteiger partial charge on any atom is -0.384 e. The van der Waals surface area contributed by atoms with E-state index in [0.717, 1.165) is 33.3 Å². The van der Waals surface area contributed by atoms with Crippen molar-refractivity contribution in [3.63, 3.8) is 0 Å². The summed E-state index contributed by atoms with van der Waals surface area (Å²) in [6.45, 7) is 5.48. The first-order valence-corrected chi connectivity index (χ1v) is 9.94. The molecule has 4 aromatic rings. The topological polar surface area (TPSA) is 130 Å². The van der Waals surface area contributed by atoms with Crippen LogP contribution < -0.4 is 11.1 Å². The predicted molar refractivity (Wildman–Crippen MR) is 123 cm³/mol. The van der Waals surface area contributed by atoms with E-state index in [1.165, 1.54) is 6.20 Å². The Labute approximate surface area is 185 Å². The van der Waals surface area contributed by atoms with Gasteiger partial charge in [-0.1, -0.05) is 0 Å². The summed E-state index contributed by atoms with van der Waals surface area (Å²) in [7, 11) is 0. The zero-order chi connectivity index (χ0) is 22.9. The molecule has 8 heteroatoms. The van der Waals surface area contributed by atoms with Crippen LogP contribution in [0.15, 0.2) is 55.1 Å². The lowest BCUT2D eigenvalue weighted by Crippen LogP contribution is -2.18. The highest BCUT2D eigenvalue weighted by atomic mass is 16.1. The van der Waals surface area contributed by atoms with Crippen LogP contribution in [0.2, 0.25) is 0 Å². The summed E-state index contributed by atoms with van der Waals surface area (Å²) in [4.78, 5) is 30.0. The lowest BCUT2D eigenvalue weighted by atomic mass is 9.86. The molecule has 158 valence electrons. The number of nitrogens with one attached hydrogen (secondary N) is 1. The van der Waals surface area contributed by atoms with Crippen LogP contribution >= 0.6 is 0 Å². The first-order chi connectivity index (χ1) is 15.3. The van der Waals surface area contributed by atoms with Gasteiger partial charge in [0.15, 0.2) is 0 Å². The summed E-state index contributed by atoms with van der Waals surface area (Å²) < 4.78 is 0. The van der Waals surface area contributed by atoms with Crippen molar-refractivity contribution in [1.29, 1.82) is 5.26 Å². The molecular weight excluding hydrogens is 402 g/mol. The van der Waals surface area contributed by atoms with Gasteiger partial charge in [0.05, 0.1) is 28.9 Å². The van der Waals surface area contributed by atoms with Gasteiger partial charge in [0, 0.05) is 46.9 Å². The van der Waals surface area contributed by atoms with E-state index in [1.54, 1.807) is 50.6 Å². The van der Waals surface area contributed by atoms with Crippen LogP contribution in [-0.4, -0.2) is 25.8 Å². The number of amides is 1. The average Bonchev–Trinajstić information content (AvgIpc) is 2.80. The number of hydrogen-bond donors (Lipinski definition) is 2. The standard InChI is InChI=1S/C24H21N7O/c1-14-19(15-6-16-11-30-22(26)9-20(16)29-10-15)8-18(12-28-14)31-23(32)21-7-17(4-5-27-21)24(2,3)13-25/h4-12H,1-3H3,(H2,26,30)(H,31,32). The molecule has 0 bridgehead atoms. The number of carbonyl (C=O) groups is 1. The van der Waals surface area contributed by atoms with Gasteiger partial charge in [0.1, 0.15) is 11.5 Å². The van der Waals surface area contributed by atoms with Crippen molar-refractivity contribution in [2.24, 2.45) is 0 Å². The summed E-state index contributed by atoms with van der Waals surface area (Å²) in [5, 5.41) is 13.1. The highest BCUT2D eigenvalue weighted by Crippen LogP contribution is 2.28. The second-order valence-electron chi connectivity index (χ2n) is 8.00. The third kappa shape index (κ3) is 4.09. The molecule has 0 atom stereocenters. The highest BCUT2D eigenvalue weighted by molar-refractivity contribution is 6.03. The van der Waals surface area contributed by atoms with Crippen LogP contribution in [0.25, 0.3) is 22.0 Å². The van der Waals surface area contributed by atoms with Gasteiger partial charge in [-0.15, -0.1) is 0 Å². The Morgan fingerprint density at radius 1 is 1.06 bits per heavy atom. The van der Waals surface area contributed by atoms with E-state index < -0.39 is 5.41 Å². The lowest BCUT2D eigenvalue weighted by molar-refractivity contribution is 0.102. The zero-order valence-corrected chi connectivity index (χ0v) is 17.9. The Kier molecular flexibility index (Phi) is 5.24. The summed E-state index contributed by atoms with van der Waals surface area (Å²) >= 11 is 0. The van der Waals surface area contributed by atoms with E-state index in [1.807, 2.05) is 19.1 Å². The number of aryl methyl sites for hydroxylation is 1. The summed E-state index contributed by atoms with van der Waals surface area (Å²) in [5.74, 6) is 0.0321. The van der Waals surface area contributed by atoms with E-state index in [-0.39, 0.29) is 11.6 Å². The number of fused-ring (bicyclic) bond motifs is 1. The number of nitriles is 1. The SMILES string of the molecule is Cc1ncc(NC(=O)c2cc(C(C)(C)C#N)ccn2)cc1-c1cnc2cc(N)ncc2c1. The largest absolute Gasteiger partial charge is 0.384 e. The first-order valence-electron chi connectivity index (χ1n) is 9.94. The molecular formula is C24H21N7O. The van der Waals surface area contributed by atoms with Gasteiger partial charge >= 0.3 is 0 Å². The average molecular weight is 423 g/mol. The normalized spacial score (nSPS) is 11.2. The number of anilines is 2. The van der Waals surface area contributed by atoms with Crippen LogP contribution in [0.5, 0.6) is 0 Å². The number of aromatic nitrogens is 4. The van der Waals surface area contributed by atoms with Crippen molar-refractivity contribution in [2.75, 3.05) is 11.1 Å². The monoisotopic (exact) mass is 423 g/mol. The Balaban J connectivity index is 1.64. The summed E-state index contributed by atoms with van der Waals surface area (Å²) in [6, 6.07) is 11.1. The quantitative estimate of drug-likeness (QED) is 0.506. The maximum absolute atomic E-state index is 12.8. The minimum absolute atomic E-state index is 0.226. The van der Waals surface area contributed by atoms with Gasteiger partial charge in [-0.25, -0.2) is 4.98 Å². The Morgan fingerprint density at radius 3 is 2.66 bits per heavy atom. The van der Waals surface area contributed by atoms with Crippen molar-refractivity contribution in [3.05, 3.63) is 72.1 Å². The molecule has 0 unspecified atom stereocenters. The molecule has 4 aromatic heterocycles. The second kappa shape index (κ2) is 8.04. The van der Waals surface area contributed by atoms with Crippen LogP contribution in [-0.2, 0) is 5.41 Å². The van der Waals surface area contributed by atoms with Crippen molar-refractivity contribution in [1.82, 2.24) is 19.9 Å². The van der Waals surface area contributed by atoms with E-state index in [9.17, 15) is 10.1 Å². The van der Waals surface area contributed by atoms with Gasteiger partial charge in [0.2, 0.25) is 0 Å². The fourth-order valence-electron chi connectivity index (χ4n) is 3.28. The second-order valence-corrected chi connectivity index (χ2v) is 8.00. The Bertz CT molecular complexity index is 1390. The maximum atomic E-state index is 12.8. The summed E-state index contributed by atoms with van der Waals surface area (Å²) in [5.41, 5.74) is 9.71. The number of rotatable bonds is 4. The molecule has 8 nitrogen and oxygen atoms in total. The molecule has 0 spiro atoms. The third-order valence-corrected chi connectivity index (χ3v) is 5.24. The molecule has 0 aromatic carbocycles. The molecule has 0 fully saturated rings. The fraction of sp³-hybridized carbons (Fsp3) is 0.167. The van der Waals surface area contributed by atoms with E-state index in [2.05, 4.69) is 31.3 Å². The highest BCUT2D eigenvalue weighted by Gasteiger charge is 2.21. The zero-order valence-electron chi connectivity index (χ0n) is 17.9. The van der Waals surface area contributed by atoms with E-state index >= 15 is 0 Å². The first kappa shape index (κ1) is 20.9. The molecule has 0 saturated carbocycles. The number of nitrogens with two attached hydrogens (primary N) is 1. The minimum atomic E-state index is -0.723. The van der Waals surface area contributed by atoms with Gasteiger partial charge in [0.25, 0.3) is 5.91 Å². The van der Waals surface area contributed by atoms with Gasteiger partial charge in [-0.05, 0) is 50.6 Å². The van der Waals surface area contributed by atoms with Gasteiger partial charge in [-0.2, -0.15) is 5.26 Å². The fourth-order valence-corrected chi connectivity index (χ4v) is 3.28. The Hall–Kier alpha value is -4.38. The van der Waals surface area contributed by atoms with Crippen LogP contribution in [0, 0.1) is 18.3 Å². The molecule has 4 rings (SSSR count). The van der Waals surface area contributed by atoms with Crippen molar-refractivity contribution < 1.29 is 4.79 Å². The van der Waals surface area contributed by atoms with Crippen molar-refractivity contribution in [3.8, 4) is 17.2 Å². The van der Waals surface area contributed by atoms with Crippen molar-refractivity contribution >= 4 is 28.3 Å². The summed E-state index contributed by atoms with van der Waals surface area (Å²) in [6.07, 6.45) is 6.55. The van der Waals surface area contributed by atoms with Crippen LogP contribution in [0.1, 0.15) is 35.6 Å². The predicted octanol–water partition coefficient (Wildman–Crippen LogP) is 4.03. The molecule has 0 aliphatic carbocycles. The number of hydrogen-bond acceptors (Lipinski definition) is 7. The number of carbonyl (C=O) groups excluding carboxylic acids is 1. The molecule has 0 aliphatic heterocycles. The maximum Gasteiger partial charge on any atom is 0.274 e. The van der Waals surface area contributed by atoms with Crippen molar-refractivity contribution in [2.45, 2.75) is 26.2 Å². The molecule has 0 saturated heterocycles. The molecule has 0 aliphatic rings. The Morgan fingerprint density at radius 2 is 1.88 bits per heavy atom. The number of nitrogen functional groups attached to an aromatic ring is 1. The molecule has 32 heavy (non-hydrogen) atoms. The molecule has 3 N–H and O–H groups in total. The van der Waals surface area contributed by atoms with E-state index in [0.29, 0.717) is 11.5 Å². The smallest absolute Gasteiger partial charge is 0.274 e. The number of pyridine rings is 4. The van der Waals surface area contributed by atoms with E-state index in [4.69, 9.17) is 5.73 Å². The molecule has 4 heterocycles.